The molecule has 0 saturated carbocycles. The molecule has 2 amide bonds. The highest BCUT2D eigenvalue weighted by Gasteiger charge is 2.19. The fraction of sp³-hybridized carbons (Fsp3) is 0.429. The highest BCUT2D eigenvalue weighted by atomic mass is 19.1. The monoisotopic (exact) mass is 299 g/mol. The van der Waals surface area contributed by atoms with Crippen molar-refractivity contribution in [3.8, 4) is 0 Å². The van der Waals surface area contributed by atoms with E-state index in [1.807, 2.05) is 0 Å². The van der Waals surface area contributed by atoms with Gasteiger partial charge in [0.25, 0.3) is 0 Å². The molecule has 0 fully saturated rings. The normalized spacial score (nSPS) is 12.1. The van der Waals surface area contributed by atoms with Crippen LogP contribution >= 0.6 is 0 Å². The fourth-order valence-electron chi connectivity index (χ4n) is 1.54. The first-order chi connectivity index (χ1) is 9.73. The number of anilines is 1. The first kappa shape index (κ1) is 17.0. The van der Waals surface area contributed by atoms with E-state index in [2.05, 4.69) is 10.6 Å². The minimum Gasteiger partial charge on any atom is -0.346 e. The van der Waals surface area contributed by atoms with Gasteiger partial charge in [0, 0.05) is 0 Å². The average Bonchev–Trinajstić information content (AvgIpc) is 2.44. The van der Waals surface area contributed by atoms with Crippen LogP contribution in [0.15, 0.2) is 12.1 Å². The molecule has 1 aromatic carbocycles. The number of nitrogens with one attached hydrogen (secondary N) is 2. The van der Waals surface area contributed by atoms with E-state index in [-0.39, 0.29) is 11.5 Å². The standard InChI is InChI=1S/C14H19F2N3O2/c1-7(2)12(17)14(21)18-6-10(20)19-13-9(15)5-4-8(3)11(13)16/h4-5,7,12H,6,17H2,1-3H3,(H,18,21)(H,19,20)/t12-/m0/s1. The van der Waals surface area contributed by atoms with Gasteiger partial charge in [0.2, 0.25) is 11.8 Å². The van der Waals surface area contributed by atoms with E-state index in [9.17, 15) is 18.4 Å². The minimum absolute atomic E-state index is 0.0836. The van der Waals surface area contributed by atoms with Crippen LogP contribution in [0.1, 0.15) is 19.4 Å². The van der Waals surface area contributed by atoms with Crippen molar-refractivity contribution in [3.05, 3.63) is 29.3 Å². The van der Waals surface area contributed by atoms with Crippen molar-refractivity contribution in [2.45, 2.75) is 26.8 Å². The first-order valence-corrected chi connectivity index (χ1v) is 6.51. The maximum absolute atomic E-state index is 13.7. The van der Waals surface area contributed by atoms with Gasteiger partial charge in [-0.15, -0.1) is 0 Å². The van der Waals surface area contributed by atoms with Crippen LogP contribution in [-0.4, -0.2) is 24.4 Å². The second kappa shape index (κ2) is 7.12. The molecule has 0 saturated heterocycles. The summed E-state index contributed by atoms with van der Waals surface area (Å²) in [6.45, 7) is 4.57. The lowest BCUT2D eigenvalue weighted by atomic mass is 10.1. The van der Waals surface area contributed by atoms with Crippen LogP contribution in [-0.2, 0) is 9.59 Å². The Kier molecular flexibility index (Phi) is 5.78. The van der Waals surface area contributed by atoms with Crippen molar-refractivity contribution in [1.29, 1.82) is 0 Å². The molecule has 0 unspecified atom stereocenters. The Bertz CT molecular complexity index is 547. The van der Waals surface area contributed by atoms with E-state index >= 15 is 0 Å². The van der Waals surface area contributed by atoms with Crippen molar-refractivity contribution in [1.82, 2.24) is 5.32 Å². The second-order valence-corrected chi connectivity index (χ2v) is 5.09. The van der Waals surface area contributed by atoms with Crippen LogP contribution < -0.4 is 16.4 Å². The highest BCUT2D eigenvalue weighted by molar-refractivity contribution is 5.95. The summed E-state index contributed by atoms with van der Waals surface area (Å²) >= 11 is 0. The van der Waals surface area contributed by atoms with Gasteiger partial charge >= 0.3 is 0 Å². The van der Waals surface area contributed by atoms with E-state index < -0.39 is 41.7 Å². The third-order valence-corrected chi connectivity index (χ3v) is 2.99. The van der Waals surface area contributed by atoms with Crippen molar-refractivity contribution >= 4 is 17.5 Å². The van der Waals surface area contributed by atoms with Gasteiger partial charge in [-0.2, -0.15) is 0 Å². The predicted octanol–water partition coefficient (Wildman–Crippen LogP) is 1.31. The summed E-state index contributed by atoms with van der Waals surface area (Å²) < 4.78 is 27.2. The molecule has 1 rings (SSSR count). The summed E-state index contributed by atoms with van der Waals surface area (Å²) in [5, 5.41) is 4.41. The number of hydrogen-bond acceptors (Lipinski definition) is 3. The number of halogens is 2. The van der Waals surface area contributed by atoms with Gasteiger partial charge in [-0.1, -0.05) is 19.9 Å². The number of rotatable bonds is 5. The SMILES string of the molecule is Cc1ccc(F)c(NC(=O)CNC(=O)[C@@H](N)C(C)C)c1F. The lowest BCUT2D eigenvalue weighted by Crippen LogP contribution is -2.46. The molecule has 4 N–H and O–H groups in total. The van der Waals surface area contributed by atoms with Gasteiger partial charge in [-0.05, 0) is 24.5 Å². The molecule has 0 heterocycles. The Morgan fingerprint density at radius 3 is 2.48 bits per heavy atom. The zero-order valence-electron chi connectivity index (χ0n) is 12.2. The van der Waals surface area contributed by atoms with Gasteiger partial charge in [-0.3, -0.25) is 9.59 Å². The molecule has 0 bridgehead atoms. The summed E-state index contributed by atoms with van der Waals surface area (Å²) in [4.78, 5) is 23.2. The largest absolute Gasteiger partial charge is 0.346 e. The molecule has 0 spiro atoms. The van der Waals surface area contributed by atoms with Crippen molar-refractivity contribution in [3.63, 3.8) is 0 Å². The fourth-order valence-corrected chi connectivity index (χ4v) is 1.54. The maximum Gasteiger partial charge on any atom is 0.243 e. The van der Waals surface area contributed by atoms with Crippen LogP contribution in [0, 0.1) is 24.5 Å². The van der Waals surface area contributed by atoms with E-state index in [0.717, 1.165) is 6.07 Å². The number of benzene rings is 1. The number of nitrogens with two attached hydrogens (primary N) is 1. The first-order valence-electron chi connectivity index (χ1n) is 6.51. The number of carbonyl (C=O) groups excluding carboxylic acids is 2. The van der Waals surface area contributed by atoms with E-state index in [1.54, 1.807) is 13.8 Å². The lowest BCUT2D eigenvalue weighted by Gasteiger charge is -2.15. The Balaban J connectivity index is 2.63. The van der Waals surface area contributed by atoms with Crippen molar-refractivity contribution in [2.24, 2.45) is 11.7 Å². The maximum atomic E-state index is 13.7. The molecular formula is C14H19F2N3O2. The molecule has 0 aromatic heterocycles. The molecule has 0 radical (unpaired) electrons. The molecule has 5 nitrogen and oxygen atoms in total. The van der Waals surface area contributed by atoms with E-state index in [1.165, 1.54) is 13.0 Å². The Morgan fingerprint density at radius 1 is 1.29 bits per heavy atom. The molecule has 1 atom stereocenters. The Labute approximate surface area is 121 Å². The van der Waals surface area contributed by atoms with Crippen molar-refractivity contribution < 1.29 is 18.4 Å². The van der Waals surface area contributed by atoms with Gasteiger partial charge in [0.05, 0.1) is 12.6 Å². The van der Waals surface area contributed by atoms with Crippen LogP contribution in [0.2, 0.25) is 0 Å². The highest BCUT2D eigenvalue weighted by Crippen LogP contribution is 2.21. The third kappa shape index (κ3) is 4.49. The second-order valence-electron chi connectivity index (χ2n) is 5.09. The molecule has 116 valence electrons. The molecule has 1 aromatic rings. The van der Waals surface area contributed by atoms with Gasteiger partial charge in [-0.25, -0.2) is 8.78 Å². The zero-order valence-corrected chi connectivity index (χ0v) is 12.2. The van der Waals surface area contributed by atoms with E-state index in [0.29, 0.717) is 0 Å². The summed E-state index contributed by atoms with van der Waals surface area (Å²) in [7, 11) is 0. The Hall–Kier alpha value is -2.02. The molecular weight excluding hydrogens is 280 g/mol. The zero-order chi connectivity index (χ0) is 16.2. The number of hydrogen-bond donors (Lipinski definition) is 3. The van der Waals surface area contributed by atoms with Gasteiger partial charge in [0.1, 0.15) is 11.5 Å². The number of carbonyl (C=O) groups is 2. The van der Waals surface area contributed by atoms with Crippen molar-refractivity contribution in [2.75, 3.05) is 11.9 Å². The van der Waals surface area contributed by atoms with Crippen LogP contribution in [0.4, 0.5) is 14.5 Å². The Morgan fingerprint density at radius 2 is 1.90 bits per heavy atom. The molecule has 21 heavy (non-hydrogen) atoms. The van der Waals surface area contributed by atoms with Gasteiger partial charge in [0.15, 0.2) is 5.82 Å². The number of aryl methyl sites for hydroxylation is 1. The number of amides is 2. The van der Waals surface area contributed by atoms with E-state index in [4.69, 9.17) is 5.73 Å². The smallest absolute Gasteiger partial charge is 0.243 e. The average molecular weight is 299 g/mol. The molecule has 0 aliphatic rings. The van der Waals surface area contributed by atoms with Gasteiger partial charge < -0.3 is 16.4 Å². The third-order valence-electron chi connectivity index (χ3n) is 2.99. The summed E-state index contributed by atoms with van der Waals surface area (Å²) in [6, 6.07) is 1.58. The minimum atomic E-state index is -0.878. The summed E-state index contributed by atoms with van der Waals surface area (Å²) in [5.41, 5.74) is 5.28. The topological polar surface area (TPSA) is 84.2 Å². The quantitative estimate of drug-likeness (QED) is 0.766. The van der Waals surface area contributed by atoms with Crippen LogP contribution in [0.25, 0.3) is 0 Å². The molecule has 0 aliphatic heterocycles. The lowest BCUT2D eigenvalue weighted by molar-refractivity contribution is -0.125. The molecule has 7 heteroatoms. The predicted molar refractivity (Wildman–Crippen MR) is 75.5 cm³/mol. The van der Waals surface area contributed by atoms with Crippen LogP contribution in [0.5, 0.6) is 0 Å². The molecule has 0 aliphatic carbocycles. The summed E-state index contributed by atoms with van der Waals surface area (Å²) in [5.74, 6) is -3.03. The van der Waals surface area contributed by atoms with Crippen LogP contribution in [0.3, 0.4) is 0 Å². The summed E-state index contributed by atoms with van der Waals surface area (Å²) in [6.07, 6.45) is 0.